The Bertz CT molecular complexity index is 1350. The molecule has 44 heavy (non-hydrogen) atoms. The van der Waals surface area contributed by atoms with Crippen molar-refractivity contribution in [1.29, 1.82) is 0 Å². The van der Waals surface area contributed by atoms with E-state index in [0.29, 0.717) is 48.0 Å². The molecule has 1 amide bonds. The highest BCUT2D eigenvalue weighted by molar-refractivity contribution is 8.25. The normalized spacial score (nSPS) is 16.6. The highest BCUT2D eigenvalue weighted by Crippen LogP contribution is 2.50. The fourth-order valence-corrected chi connectivity index (χ4v) is 6.86. The van der Waals surface area contributed by atoms with E-state index in [1.165, 1.54) is 0 Å². The highest BCUT2D eigenvalue weighted by atomic mass is 32.3. The molecule has 1 saturated heterocycles. The molecule has 4 rings (SSSR count). The van der Waals surface area contributed by atoms with Gasteiger partial charge in [-0.1, -0.05) is 30.3 Å². The number of aliphatic hydroxyl groups excluding tert-OH is 1. The van der Waals surface area contributed by atoms with E-state index in [0.717, 1.165) is 24.0 Å². The third-order valence-electron chi connectivity index (χ3n) is 7.37. The van der Waals surface area contributed by atoms with Crippen molar-refractivity contribution in [1.82, 2.24) is 10.6 Å². The molecule has 0 saturated carbocycles. The first-order valence-corrected chi connectivity index (χ1v) is 16.6. The smallest absolute Gasteiger partial charge is 0.251 e. The van der Waals surface area contributed by atoms with Gasteiger partial charge in [-0.2, -0.15) is 0 Å². The predicted octanol–water partition coefficient (Wildman–Crippen LogP) is 5.25. The van der Waals surface area contributed by atoms with E-state index in [1.807, 2.05) is 56.3 Å². The van der Waals surface area contributed by atoms with Gasteiger partial charge in [0.1, 0.15) is 17.2 Å². The molecule has 0 aliphatic carbocycles. The first kappa shape index (κ1) is 33.4. The summed E-state index contributed by atoms with van der Waals surface area (Å²) in [5.74, 6) is 1.69. The molecule has 0 radical (unpaired) electrons. The lowest BCUT2D eigenvalue weighted by molar-refractivity contribution is 0.0829. The number of nitrogens with one attached hydrogen (secondary N) is 2. The molecule has 5 N–H and O–H groups in total. The molecular formula is C33H45N3O7S. The number of hydrogen-bond donors (Lipinski definition) is 5. The second-order valence-corrected chi connectivity index (χ2v) is 13.3. The molecule has 2 atom stereocenters. The molecule has 0 spiro atoms. The molecule has 11 heteroatoms. The number of hydrogen-bond acceptors (Lipinski definition) is 9. The van der Waals surface area contributed by atoms with Crippen molar-refractivity contribution < 1.29 is 33.2 Å². The molecule has 1 aliphatic rings. The maximum atomic E-state index is 13.8. The molecule has 3 aromatic rings. The summed E-state index contributed by atoms with van der Waals surface area (Å²) in [6.45, 7) is 4.92. The first-order chi connectivity index (χ1) is 21.1. The first-order valence-electron chi connectivity index (χ1n) is 14.9. The summed E-state index contributed by atoms with van der Waals surface area (Å²) in [4.78, 5) is 13.8. The number of carbonyl (C=O) groups excluding carboxylic acids is 1. The molecule has 1 aliphatic heterocycles. The van der Waals surface area contributed by atoms with Crippen molar-refractivity contribution in [2.75, 3.05) is 37.4 Å². The van der Waals surface area contributed by atoms with Crippen LogP contribution >= 0.6 is 10.8 Å². The van der Waals surface area contributed by atoms with Gasteiger partial charge in [0.05, 0.1) is 43.9 Å². The Labute approximate surface area is 261 Å². The van der Waals surface area contributed by atoms with Crippen molar-refractivity contribution in [3.05, 3.63) is 83.4 Å². The van der Waals surface area contributed by atoms with Crippen molar-refractivity contribution in [2.45, 2.75) is 57.9 Å². The van der Waals surface area contributed by atoms with Crippen LogP contribution in [0.25, 0.3) is 0 Å². The lowest BCUT2D eigenvalue weighted by atomic mass is 10.00. The SMILES string of the molecule is COc1cc(CNC[C@@H](O)[C@H](Cc2ccccc2)NC(=O)c2cc(OC(C)C)cc(N3CCCCS3(O)O)c2)cc(OC)c1. The Morgan fingerprint density at radius 3 is 2.27 bits per heavy atom. The zero-order valence-corrected chi connectivity index (χ0v) is 26.7. The number of methoxy groups -OCH3 is 2. The summed E-state index contributed by atoms with van der Waals surface area (Å²) in [6, 6.07) is 19.7. The number of aliphatic hydroxyl groups is 1. The van der Waals surface area contributed by atoms with Gasteiger partial charge in [-0.3, -0.25) is 18.2 Å². The summed E-state index contributed by atoms with van der Waals surface area (Å²) in [5.41, 5.74) is 2.72. The van der Waals surface area contributed by atoms with Gasteiger partial charge in [0.2, 0.25) is 0 Å². The third-order valence-corrected chi connectivity index (χ3v) is 9.30. The van der Waals surface area contributed by atoms with E-state index in [1.54, 1.807) is 42.8 Å². The highest BCUT2D eigenvalue weighted by Gasteiger charge is 2.29. The number of amides is 1. The van der Waals surface area contributed by atoms with Crippen LogP contribution in [0, 0.1) is 0 Å². The molecule has 240 valence electrons. The molecule has 0 aromatic heterocycles. The van der Waals surface area contributed by atoms with Crippen LogP contribution in [0.5, 0.6) is 17.2 Å². The second-order valence-electron chi connectivity index (χ2n) is 11.2. The Morgan fingerprint density at radius 1 is 0.932 bits per heavy atom. The van der Waals surface area contributed by atoms with E-state index in [-0.39, 0.29) is 18.4 Å². The van der Waals surface area contributed by atoms with Crippen LogP contribution in [-0.4, -0.2) is 71.4 Å². The van der Waals surface area contributed by atoms with Crippen LogP contribution < -0.4 is 29.1 Å². The van der Waals surface area contributed by atoms with Gasteiger partial charge >= 0.3 is 0 Å². The zero-order chi connectivity index (χ0) is 31.7. The van der Waals surface area contributed by atoms with E-state index < -0.39 is 28.8 Å². The van der Waals surface area contributed by atoms with E-state index in [4.69, 9.17) is 14.2 Å². The summed E-state index contributed by atoms with van der Waals surface area (Å²) in [5, 5.41) is 17.6. The van der Waals surface area contributed by atoms with Crippen LogP contribution in [0.2, 0.25) is 0 Å². The minimum atomic E-state index is -3.00. The third kappa shape index (κ3) is 9.26. The molecule has 1 heterocycles. The van der Waals surface area contributed by atoms with Crippen LogP contribution in [-0.2, 0) is 13.0 Å². The van der Waals surface area contributed by atoms with Gasteiger partial charge in [0, 0.05) is 37.3 Å². The average molecular weight is 628 g/mol. The molecule has 1 fully saturated rings. The number of benzene rings is 3. The minimum absolute atomic E-state index is 0.147. The zero-order valence-electron chi connectivity index (χ0n) is 25.9. The average Bonchev–Trinajstić information content (AvgIpc) is 3.00. The monoisotopic (exact) mass is 627 g/mol. The minimum Gasteiger partial charge on any atom is -0.497 e. The Balaban J connectivity index is 1.54. The maximum Gasteiger partial charge on any atom is 0.251 e. The molecule has 0 bridgehead atoms. The number of rotatable bonds is 14. The fourth-order valence-electron chi connectivity index (χ4n) is 5.18. The number of ether oxygens (including phenoxy) is 3. The van der Waals surface area contributed by atoms with E-state index >= 15 is 0 Å². The Kier molecular flexibility index (Phi) is 11.8. The molecule has 3 aromatic carbocycles. The van der Waals surface area contributed by atoms with Crippen LogP contribution in [0.4, 0.5) is 5.69 Å². The van der Waals surface area contributed by atoms with Crippen LogP contribution in [0.1, 0.15) is 48.2 Å². The van der Waals surface area contributed by atoms with Crippen LogP contribution in [0.3, 0.4) is 0 Å². The standard InChI is InChI=1S/C33H45N3O7S/c1-23(2)43-30-18-26(17-27(19-30)36-12-8-9-13-44(36,39)40)33(38)35-31(16-24-10-6-5-7-11-24)32(37)22-34-21-25-14-28(41-3)20-29(15-25)42-4/h5-7,10-11,14-15,17-20,23,31-32,34,37,39-40H,8-9,12-13,16,21-22H2,1-4H3,(H,35,38)/t31-,32+/m0/s1. The fraction of sp³-hybridized carbons (Fsp3) is 0.424. The number of anilines is 1. The lowest BCUT2D eigenvalue weighted by Gasteiger charge is -2.47. The molecular weight excluding hydrogens is 582 g/mol. The second kappa shape index (κ2) is 15.5. The summed E-state index contributed by atoms with van der Waals surface area (Å²) in [7, 11) is 0.189. The Hall–Kier alpha value is -3.48. The van der Waals surface area contributed by atoms with Crippen molar-refractivity contribution in [3.8, 4) is 17.2 Å². The van der Waals surface area contributed by atoms with Gasteiger partial charge in [-0.15, -0.1) is 10.8 Å². The van der Waals surface area contributed by atoms with Gasteiger partial charge in [0.15, 0.2) is 0 Å². The summed E-state index contributed by atoms with van der Waals surface area (Å²) < 4.78 is 39.8. The number of nitrogens with zero attached hydrogens (tertiary/aromatic N) is 1. The quantitative estimate of drug-likeness (QED) is 0.163. The van der Waals surface area contributed by atoms with Crippen molar-refractivity contribution >= 4 is 22.4 Å². The van der Waals surface area contributed by atoms with Gasteiger partial charge in [0.25, 0.3) is 5.91 Å². The van der Waals surface area contributed by atoms with Crippen molar-refractivity contribution in [2.24, 2.45) is 0 Å². The largest absolute Gasteiger partial charge is 0.497 e. The lowest BCUT2D eigenvalue weighted by Crippen LogP contribution is -2.48. The summed E-state index contributed by atoms with van der Waals surface area (Å²) in [6.07, 6.45) is 0.881. The topological polar surface area (TPSA) is 133 Å². The van der Waals surface area contributed by atoms with Gasteiger partial charge in [-0.25, -0.2) is 0 Å². The summed E-state index contributed by atoms with van der Waals surface area (Å²) >= 11 is 0. The maximum absolute atomic E-state index is 13.8. The van der Waals surface area contributed by atoms with E-state index in [2.05, 4.69) is 10.6 Å². The number of carbonyl (C=O) groups is 1. The molecule has 0 unspecified atom stereocenters. The van der Waals surface area contributed by atoms with Gasteiger partial charge in [-0.05, 0) is 68.5 Å². The Morgan fingerprint density at radius 2 is 1.64 bits per heavy atom. The van der Waals surface area contributed by atoms with Gasteiger partial charge < -0.3 is 30.0 Å². The molecule has 10 nitrogen and oxygen atoms in total. The van der Waals surface area contributed by atoms with Crippen molar-refractivity contribution in [3.63, 3.8) is 0 Å². The van der Waals surface area contributed by atoms with Crippen LogP contribution in [0.15, 0.2) is 66.7 Å². The van der Waals surface area contributed by atoms with E-state index in [9.17, 15) is 19.0 Å². The predicted molar refractivity (Wildman–Crippen MR) is 175 cm³/mol.